The zero-order chi connectivity index (χ0) is 15.0. The molecule has 2 aromatic rings. The molecule has 2 aromatic carbocycles. The van der Waals surface area contributed by atoms with Gasteiger partial charge in [-0.15, -0.1) is 11.6 Å². The van der Waals surface area contributed by atoms with Gasteiger partial charge in [-0.25, -0.2) is 0 Å². The van der Waals surface area contributed by atoms with Crippen molar-refractivity contribution in [2.45, 2.75) is 38.0 Å². The number of hydrogen-bond donors (Lipinski definition) is 0. The van der Waals surface area contributed by atoms with Crippen molar-refractivity contribution in [3.05, 3.63) is 64.7 Å². The summed E-state index contributed by atoms with van der Waals surface area (Å²) in [6, 6.07) is 14.9. The Kier molecular flexibility index (Phi) is 3.71. The summed E-state index contributed by atoms with van der Waals surface area (Å²) >= 11 is 6.65. The molecule has 0 spiro atoms. The van der Waals surface area contributed by atoms with Gasteiger partial charge in [-0.05, 0) is 36.6 Å². The van der Waals surface area contributed by atoms with Crippen molar-refractivity contribution in [3.8, 4) is 5.75 Å². The SMILES string of the molecule is Cc1cccc(CC(Cl)c2ccc3c(c2)C(C)(C)CO3)c1. The van der Waals surface area contributed by atoms with E-state index in [9.17, 15) is 0 Å². The van der Waals surface area contributed by atoms with E-state index in [2.05, 4.69) is 63.2 Å². The molecule has 0 aliphatic carbocycles. The Morgan fingerprint density at radius 3 is 2.76 bits per heavy atom. The molecule has 1 heterocycles. The first-order chi connectivity index (χ1) is 9.95. The van der Waals surface area contributed by atoms with Crippen LogP contribution in [0.25, 0.3) is 0 Å². The third-order valence-corrected chi connectivity index (χ3v) is 4.59. The van der Waals surface area contributed by atoms with Gasteiger partial charge in [-0.3, -0.25) is 0 Å². The summed E-state index contributed by atoms with van der Waals surface area (Å²) in [5.41, 5.74) is 5.09. The predicted octanol–water partition coefficient (Wildman–Crippen LogP) is 5.19. The quantitative estimate of drug-likeness (QED) is 0.709. The minimum atomic E-state index is -0.00602. The lowest BCUT2D eigenvalue weighted by molar-refractivity contribution is 0.291. The van der Waals surface area contributed by atoms with E-state index in [-0.39, 0.29) is 10.8 Å². The molecule has 1 nitrogen and oxygen atoms in total. The van der Waals surface area contributed by atoms with E-state index in [1.54, 1.807) is 0 Å². The Morgan fingerprint density at radius 1 is 1.19 bits per heavy atom. The van der Waals surface area contributed by atoms with Crippen LogP contribution >= 0.6 is 11.6 Å². The molecule has 0 aromatic heterocycles. The molecule has 0 fully saturated rings. The number of hydrogen-bond acceptors (Lipinski definition) is 1. The maximum absolute atomic E-state index is 6.65. The van der Waals surface area contributed by atoms with Crippen LogP contribution in [0.4, 0.5) is 0 Å². The molecule has 1 aliphatic heterocycles. The summed E-state index contributed by atoms with van der Waals surface area (Å²) in [6.45, 7) is 7.29. The monoisotopic (exact) mass is 300 g/mol. The van der Waals surface area contributed by atoms with Crippen LogP contribution < -0.4 is 4.74 Å². The molecule has 3 rings (SSSR count). The normalized spacial score (nSPS) is 17.1. The highest BCUT2D eigenvalue weighted by atomic mass is 35.5. The van der Waals surface area contributed by atoms with Crippen molar-refractivity contribution >= 4 is 11.6 Å². The maximum Gasteiger partial charge on any atom is 0.123 e. The molecule has 1 unspecified atom stereocenters. The molecular formula is C19H21ClO. The molecule has 1 aliphatic rings. The van der Waals surface area contributed by atoms with Crippen LogP contribution in [0, 0.1) is 6.92 Å². The lowest BCUT2D eigenvalue weighted by Gasteiger charge is -2.17. The van der Waals surface area contributed by atoms with Crippen molar-refractivity contribution in [2.24, 2.45) is 0 Å². The molecule has 1 atom stereocenters. The van der Waals surface area contributed by atoms with Crippen molar-refractivity contribution < 1.29 is 4.74 Å². The minimum absolute atomic E-state index is 0.00602. The van der Waals surface area contributed by atoms with Crippen molar-refractivity contribution in [2.75, 3.05) is 6.61 Å². The van der Waals surface area contributed by atoms with E-state index >= 15 is 0 Å². The Bertz CT molecular complexity index is 660. The number of fused-ring (bicyclic) bond motifs is 1. The maximum atomic E-state index is 6.65. The van der Waals surface area contributed by atoms with Crippen molar-refractivity contribution in [1.29, 1.82) is 0 Å². The molecule has 0 amide bonds. The predicted molar refractivity (Wildman–Crippen MR) is 88.4 cm³/mol. The van der Waals surface area contributed by atoms with Crippen LogP contribution in [0.1, 0.15) is 41.5 Å². The fourth-order valence-electron chi connectivity index (χ4n) is 2.90. The average Bonchev–Trinajstić information content (AvgIpc) is 2.74. The first-order valence-electron chi connectivity index (χ1n) is 7.42. The third kappa shape index (κ3) is 2.94. The summed E-state index contributed by atoms with van der Waals surface area (Å²) in [7, 11) is 0. The summed E-state index contributed by atoms with van der Waals surface area (Å²) in [6.07, 6.45) is 0.851. The number of alkyl halides is 1. The van der Waals surface area contributed by atoms with E-state index in [0.717, 1.165) is 18.8 Å². The average molecular weight is 301 g/mol. The Morgan fingerprint density at radius 2 is 2.00 bits per heavy atom. The first kappa shape index (κ1) is 14.5. The highest BCUT2D eigenvalue weighted by molar-refractivity contribution is 6.20. The van der Waals surface area contributed by atoms with Crippen LogP contribution in [0.3, 0.4) is 0 Å². The Hall–Kier alpha value is -1.47. The molecule has 21 heavy (non-hydrogen) atoms. The molecular weight excluding hydrogens is 280 g/mol. The van der Waals surface area contributed by atoms with Gasteiger partial charge in [0.1, 0.15) is 5.75 Å². The second-order valence-electron chi connectivity index (χ2n) is 6.59. The van der Waals surface area contributed by atoms with Gasteiger partial charge in [0, 0.05) is 11.0 Å². The Balaban J connectivity index is 1.84. The molecule has 0 bridgehead atoms. The summed E-state index contributed by atoms with van der Waals surface area (Å²) in [5, 5.41) is -0.00602. The van der Waals surface area contributed by atoms with Crippen LogP contribution in [0.5, 0.6) is 5.75 Å². The topological polar surface area (TPSA) is 9.23 Å². The standard InChI is InChI=1S/C19H21ClO/c1-13-5-4-6-14(9-13)10-17(20)15-7-8-18-16(11-15)19(2,3)12-21-18/h4-9,11,17H,10,12H2,1-3H3. The number of ether oxygens (including phenoxy) is 1. The lowest BCUT2D eigenvalue weighted by Crippen LogP contribution is -2.18. The summed E-state index contributed by atoms with van der Waals surface area (Å²) in [4.78, 5) is 0. The zero-order valence-corrected chi connectivity index (χ0v) is 13.6. The second-order valence-corrected chi connectivity index (χ2v) is 7.12. The van der Waals surface area contributed by atoms with Gasteiger partial charge in [0.25, 0.3) is 0 Å². The molecule has 110 valence electrons. The van der Waals surface area contributed by atoms with Crippen molar-refractivity contribution in [3.63, 3.8) is 0 Å². The minimum Gasteiger partial charge on any atom is -0.492 e. The summed E-state index contributed by atoms with van der Waals surface area (Å²) in [5.74, 6) is 1.00. The second kappa shape index (κ2) is 5.38. The lowest BCUT2D eigenvalue weighted by atomic mass is 9.85. The third-order valence-electron chi connectivity index (χ3n) is 4.18. The van der Waals surface area contributed by atoms with Crippen LogP contribution in [-0.2, 0) is 11.8 Å². The molecule has 0 radical (unpaired) electrons. The smallest absolute Gasteiger partial charge is 0.123 e. The number of aryl methyl sites for hydroxylation is 1. The van der Waals surface area contributed by atoms with Crippen LogP contribution in [-0.4, -0.2) is 6.61 Å². The number of rotatable bonds is 3. The molecule has 0 saturated carbocycles. The van der Waals surface area contributed by atoms with Crippen LogP contribution in [0.2, 0.25) is 0 Å². The fourth-order valence-corrected chi connectivity index (χ4v) is 3.21. The van der Waals surface area contributed by atoms with E-state index in [1.165, 1.54) is 22.3 Å². The fraction of sp³-hybridized carbons (Fsp3) is 0.368. The van der Waals surface area contributed by atoms with Crippen LogP contribution in [0.15, 0.2) is 42.5 Å². The Labute approximate surface area is 131 Å². The molecule has 2 heteroatoms. The first-order valence-corrected chi connectivity index (χ1v) is 7.86. The van der Waals surface area contributed by atoms with Gasteiger partial charge in [0.05, 0.1) is 12.0 Å². The largest absolute Gasteiger partial charge is 0.492 e. The van der Waals surface area contributed by atoms with E-state index in [0.29, 0.717) is 0 Å². The highest BCUT2D eigenvalue weighted by Gasteiger charge is 2.32. The van der Waals surface area contributed by atoms with E-state index in [4.69, 9.17) is 16.3 Å². The zero-order valence-electron chi connectivity index (χ0n) is 12.8. The van der Waals surface area contributed by atoms with Gasteiger partial charge < -0.3 is 4.74 Å². The molecule has 0 saturated heterocycles. The highest BCUT2D eigenvalue weighted by Crippen LogP contribution is 2.40. The molecule has 0 N–H and O–H groups in total. The van der Waals surface area contributed by atoms with Gasteiger partial charge in [-0.1, -0.05) is 49.7 Å². The number of benzene rings is 2. The van der Waals surface area contributed by atoms with E-state index in [1.807, 2.05) is 0 Å². The van der Waals surface area contributed by atoms with Gasteiger partial charge in [0.15, 0.2) is 0 Å². The van der Waals surface area contributed by atoms with Crippen molar-refractivity contribution in [1.82, 2.24) is 0 Å². The van der Waals surface area contributed by atoms with Gasteiger partial charge in [-0.2, -0.15) is 0 Å². The number of halogens is 1. The van der Waals surface area contributed by atoms with Gasteiger partial charge in [0.2, 0.25) is 0 Å². The summed E-state index contributed by atoms with van der Waals surface area (Å²) < 4.78 is 5.74. The van der Waals surface area contributed by atoms with E-state index < -0.39 is 0 Å². The van der Waals surface area contributed by atoms with Gasteiger partial charge >= 0.3 is 0 Å².